The van der Waals surface area contributed by atoms with Gasteiger partial charge in [0.25, 0.3) is 0 Å². The fourth-order valence-electron chi connectivity index (χ4n) is 2.09. The summed E-state index contributed by atoms with van der Waals surface area (Å²) in [7, 11) is 1.93. The van der Waals surface area contributed by atoms with Gasteiger partial charge in [0.05, 0.1) is 12.7 Å². The van der Waals surface area contributed by atoms with Gasteiger partial charge in [0.15, 0.2) is 0 Å². The summed E-state index contributed by atoms with van der Waals surface area (Å²) in [5.74, 6) is 1.87. The summed E-state index contributed by atoms with van der Waals surface area (Å²) in [5.41, 5.74) is 0.980. The second-order valence-corrected chi connectivity index (χ2v) is 6.32. The molecule has 0 saturated carbocycles. The molecule has 5 heteroatoms. The molecule has 1 fully saturated rings. The van der Waals surface area contributed by atoms with Crippen molar-refractivity contribution >= 4 is 27.7 Å². The second-order valence-electron chi connectivity index (χ2n) is 4.32. The van der Waals surface area contributed by atoms with E-state index in [9.17, 15) is 4.39 Å². The Morgan fingerprint density at radius 3 is 3.11 bits per heavy atom. The molecule has 1 saturated heterocycles. The zero-order valence-corrected chi connectivity index (χ0v) is 12.7. The molecule has 1 heterocycles. The lowest BCUT2D eigenvalue weighted by Gasteiger charge is -2.30. The first kappa shape index (κ1) is 14.3. The van der Waals surface area contributed by atoms with E-state index in [1.54, 1.807) is 12.1 Å². The van der Waals surface area contributed by atoms with Crippen LogP contribution in [0.2, 0.25) is 0 Å². The van der Waals surface area contributed by atoms with Crippen LogP contribution in [0.15, 0.2) is 22.7 Å². The van der Waals surface area contributed by atoms with E-state index in [1.165, 1.54) is 6.07 Å². The Hall–Kier alpha value is -0.100. The molecular formula is C13H17BrFNOS. The van der Waals surface area contributed by atoms with Crippen molar-refractivity contribution in [1.82, 2.24) is 5.32 Å². The minimum atomic E-state index is -0.193. The first-order valence-corrected chi connectivity index (χ1v) is 7.96. The third-order valence-electron chi connectivity index (χ3n) is 3.11. The molecule has 0 aliphatic carbocycles. The second kappa shape index (κ2) is 6.89. The normalized spacial score (nSPS) is 21.8. The number of ether oxygens (including phenoxy) is 1. The highest BCUT2D eigenvalue weighted by Crippen LogP contribution is 2.23. The van der Waals surface area contributed by atoms with Crippen LogP contribution in [-0.4, -0.2) is 37.3 Å². The van der Waals surface area contributed by atoms with Crippen molar-refractivity contribution in [1.29, 1.82) is 0 Å². The van der Waals surface area contributed by atoms with Crippen molar-refractivity contribution in [3.05, 3.63) is 34.1 Å². The maximum atomic E-state index is 13.3. The lowest BCUT2D eigenvalue weighted by atomic mass is 10.0. The topological polar surface area (TPSA) is 21.3 Å². The zero-order chi connectivity index (χ0) is 13.0. The van der Waals surface area contributed by atoms with Crippen LogP contribution in [0, 0.1) is 5.82 Å². The summed E-state index contributed by atoms with van der Waals surface area (Å²) in [6.07, 6.45) is 0.962. The molecule has 2 unspecified atom stereocenters. The lowest BCUT2D eigenvalue weighted by Crippen LogP contribution is -2.44. The minimum Gasteiger partial charge on any atom is -0.375 e. The number of halogens is 2. The van der Waals surface area contributed by atoms with Gasteiger partial charge in [-0.15, -0.1) is 0 Å². The van der Waals surface area contributed by atoms with E-state index >= 15 is 0 Å². The molecule has 2 nitrogen and oxygen atoms in total. The number of nitrogens with one attached hydrogen (secondary N) is 1. The molecular weight excluding hydrogens is 317 g/mol. The number of thioether (sulfide) groups is 1. The molecule has 0 spiro atoms. The molecule has 1 N–H and O–H groups in total. The molecule has 0 amide bonds. The lowest BCUT2D eigenvalue weighted by molar-refractivity contribution is 0.0491. The average molecular weight is 334 g/mol. The van der Waals surface area contributed by atoms with Gasteiger partial charge in [0.1, 0.15) is 5.82 Å². The van der Waals surface area contributed by atoms with Crippen LogP contribution in [0.3, 0.4) is 0 Å². The molecule has 1 aliphatic rings. The molecule has 2 atom stereocenters. The maximum Gasteiger partial charge on any atom is 0.123 e. The van der Waals surface area contributed by atoms with Crippen molar-refractivity contribution in [2.24, 2.45) is 0 Å². The van der Waals surface area contributed by atoms with Gasteiger partial charge in [0.2, 0.25) is 0 Å². The van der Waals surface area contributed by atoms with Gasteiger partial charge >= 0.3 is 0 Å². The summed E-state index contributed by atoms with van der Waals surface area (Å²) in [4.78, 5) is 0. The van der Waals surface area contributed by atoms with Crippen molar-refractivity contribution in [2.75, 3.05) is 25.2 Å². The SMILES string of the molecule is CNC(Cc1cc(F)ccc1Br)C1CSCCO1. The van der Waals surface area contributed by atoms with Crippen LogP contribution < -0.4 is 5.32 Å². The van der Waals surface area contributed by atoms with Crippen LogP contribution in [0.25, 0.3) is 0 Å². The fourth-order valence-corrected chi connectivity index (χ4v) is 3.44. The molecule has 18 heavy (non-hydrogen) atoms. The van der Waals surface area contributed by atoms with Gasteiger partial charge in [0, 0.05) is 22.0 Å². The number of hydrogen-bond donors (Lipinski definition) is 1. The number of benzene rings is 1. The first-order chi connectivity index (χ1) is 8.70. The Labute approximate surface area is 120 Å². The quantitative estimate of drug-likeness (QED) is 0.915. The zero-order valence-electron chi connectivity index (χ0n) is 10.3. The molecule has 2 rings (SSSR count). The highest BCUT2D eigenvalue weighted by atomic mass is 79.9. The standard InChI is InChI=1S/C13H17BrFNOS/c1-16-12(13-8-18-5-4-17-13)7-9-6-10(15)2-3-11(9)14/h2-3,6,12-13,16H,4-5,7-8H2,1H3. The molecule has 1 aliphatic heterocycles. The summed E-state index contributed by atoms with van der Waals surface area (Å²) in [6.45, 7) is 0.803. The van der Waals surface area contributed by atoms with Crippen LogP contribution in [0.1, 0.15) is 5.56 Å². The van der Waals surface area contributed by atoms with Crippen LogP contribution in [-0.2, 0) is 11.2 Å². The average Bonchev–Trinajstić information content (AvgIpc) is 2.41. The summed E-state index contributed by atoms with van der Waals surface area (Å²) >= 11 is 5.39. The van der Waals surface area contributed by atoms with Crippen LogP contribution >= 0.6 is 27.7 Å². The van der Waals surface area contributed by atoms with Crippen molar-refractivity contribution in [3.63, 3.8) is 0 Å². The predicted molar refractivity (Wildman–Crippen MR) is 77.7 cm³/mol. The van der Waals surface area contributed by atoms with E-state index in [-0.39, 0.29) is 18.0 Å². The van der Waals surface area contributed by atoms with E-state index in [0.29, 0.717) is 0 Å². The Morgan fingerprint density at radius 2 is 2.44 bits per heavy atom. The Kier molecular flexibility index (Phi) is 5.48. The third kappa shape index (κ3) is 3.70. The van der Waals surface area contributed by atoms with Gasteiger partial charge in [-0.3, -0.25) is 0 Å². The summed E-state index contributed by atoms with van der Waals surface area (Å²) < 4.78 is 20.0. The molecule has 0 radical (unpaired) electrons. The van der Waals surface area contributed by atoms with Gasteiger partial charge in [-0.1, -0.05) is 15.9 Å². The van der Waals surface area contributed by atoms with E-state index in [4.69, 9.17) is 4.74 Å². The predicted octanol–water partition coefficient (Wildman–Crippen LogP) is 2.85. The molecule has 100 valence electrons. The van der Waals surface area contributed by atoms with Crippen molar-refractivity contribution in [2.45, 2.75) is 18.6 Å². The Bertz CT molecular complexity index is 399. The third-order valence-corrected chi connectivity index (χ3v) is 4.90. The van der Waals surface area contributed by atoms with E-state index < -0.39 is 0 Å². The highest BCUT2D eigenvalue weighted by molar-refractivity contribution is 9.10. The number of likely N-dealkylation sites (N-methyl/N-ethyl adjacent to an activating group) is 1. The van der Waals surface area contributed by atoms with Crippen molar-refractivity contribution in [3.8, 4) is 0 Å². The molecule has 0 bridgehead atoms. The van der Waals surface area contributed by atoms with Gasteiger partial charge in [-0.05, 0) is 37.2 Å². The van der Waals surface area contributed by atoms with Crippen molar-refractivity contribution < 1.29 is 9.13 Å². The molecule has 1 aromatic rings. The number of hydrogen-bond acceptors (Lipinski definition) is 3. The van der Waals surface area contributed by atoms with Gasteiger partial charge in [-0.25, -0.2) is 4.39 Å². The highest BCUT2D eigenvalue weighted by Gasteiger charge is 2.24. The number of rotatable bonds is 4. The first-order valence-electron chi connectivity index (χ1n) is 6.01. The summed E-state index contributed by atoms with van der Waals surface area (Å²) in [6, 6.07) is 5.03. The van der Waals surface area contributed by atoms with E-state index in [2.05, 4.69) is 21.2 Å². The molecule has 1 aromatic carbocycles. The molecule has 0 aromatic heterocycles. The van der Waals surface area contributed by atoms with Crippen LogP contribution in [0.4, 0.5) is 4.39 Å². The van der Waals surface area contributed by atoms with E-state index in [1.807, 2.05) is 18.8 Å². The monoisotopic (exact) mass is 333 g/mol. The van der Waals surface area contributed by atoms with E-state index in [0.717, 1.165) is 34.6 Å². The Morgan fingerprint density at radius 1 is 1.61 bits per heavy atom. The Balaban J connectivity index is 2.06. The largest absolute Gasteiger partial charge is 0.375 e. The van der Waals surface area contributed by atoms with Crippen LogP contribution in [0.5, 0.6) is 0 Å². The van der Waals surface area contributed by atoms with Gasteiger partial charge < -0.3 is 10.1 Å². The smallest absolute Gasteiger partial charge is 0.123 e. The van der Waals surface area contributed by atoms with Gasteiger partial charge in [-0.2, -0.15) is 11.8 Å². The maximum absolute atomic E-state index is 13.3. The fraction of sp³-hybridized carbons (Fsp3) is 0.538. The minimum absolute atomic E-state index is 0.193. The summed E-state index contributed by atoms with van der Waals surface area (Å²) in [5, 5.41) is 3.29.